The number of amides is 4. The van der Waals surface area contributed by atoms with Gasteiger partial charge < -0.3 is 15.1 Å². The molecule has 2 aliphatic rings. The molecule has 2 N–H and O–H groups in total. The van der Waals surface area contributed by atoms with Crippen molar-refractivity contribution in [2.75, 3.05) is 24.5 Å². The van der Waals surface area contributed by atoms with Crippen molar-refractivity contribution in [3.8, 4) is 0 Å². The molecule has 0 bridgehead atoms. The Balaban J connectivity index is 1.51. The molecular weight excluding hydrogens is 406 g/mol. The minimum Gasteiger partial charge on any atom is -0.352 e. The predicted molar refractivity (Wildman–Crippen MR) is 122 cm³/mol. The molecule has 2 saturated heterocycles. The van der Waals surface area contributed by atoms with Gasteiger partial charge in [0, 0.05) is 31.4 Å². The van der Waals surface area contributed by atoms with Gasteiger partial charge >= 0.3 is 6.03 Å². The van der Waals surface area contributed by atoms with Gasteiger partial charge in [-0.3, -0.25) is 14.9 Å². The number of hydrogen-bond donors (Lipinski definition) is 2. The molecule has 0 aliphatic carbocycles. The highest BCUT2D eigenvalue weighted by atomic mass is 16.2. The average Bonchev–Trinajstić information content (AvgIpc) is 2.99. The molecule has 2 aliphatic heterocycles. The highest BCUT2D eigenvalue weighted by Crippen LogP contribution is 2.29. The highest BCUT2D eigenvalue weighted by molar-refractivity contribution is 6.07. The van der Waals surface area contributed by atoms with Gasteiger partial charge in [0.05, 0.1) is 5.54 Å². The number of imide groups is 1. The predicted octanol–water partition coefficient (Wildman–Crippen LogP) is 2.49. The van der Waals surface area contributed by atoms with Gasteiger partial charge in [0.15, 0.2) is 0 Å². The van der Waals surface area contributed by atoms with Gasteiger partial charge in [-0.05, 0) is 63.4 Å². The maximum absolute atomic E-state index is 13.3. The minimum absolute atomic E-state index is 0.0557. The fourth-order valence-corrected chi connectivity index (χ4v) is 4.60. The Morgan fingerprint density at radius 3 is 2.31 bits per heavy atom. The zero-order valence-electron chi connectivity index (χ0n) is 19.2. The average molecular weight is 436 g/mol. The Morgan fingerprint density at radius 2 is 1.75 bits per heavy atom. The molecule has 2 fully saturated rings. The largest absolute Gasteiger partial charge is 0.352 e. The molecule has 1 aromatic heterocycles. The molecule has 8 nitrogen and oxygen atoms in total. The summed E-state index contributed by atoms with van der Waals surface area (Å²) in [5.41, 5.74) is 1.91. The van der Waals surface area contributed by atoms with Crippen molar-refractivity contribution in [1.29, 1.82) is 0 Å². The maximum atomic E-state index is 13.3. The number of pyridine rings is 1. The van der Waals surface area contributed by atoms with Gasteiger partial charge in [0.25, 0.3) is 11.8 Å². The summed E-state index contributed by atoms with van der Waals surface area (Å²) < 4.78 is 0. The summed E-state index contributed by atoms with van der Waals surface area (Å²) in [6, 6.07) is 8.49. The third-order valence-corrected chi connectivity index (χ3v) is 6.39. The lowest BCUT2D eigenvalue weighted by molar-refractivity contribution is -0.123. The number of benzene rings is 1. The maximum Gasteiger partial charge on any atom is 0.322 e. The van der Waals surface area contributed by atoms with Crippen molar-refractivity contribution in [3.63, 3.8) is 0 Å². The Labute approximate surface area is 188 Å². The summed E-state index contributed by atoms with van der Waals surface area (Å²) in [6.45, 7) is 11.8. The Bertz CT molecular complexity index is 1100. The zero-order valence-corrected chi connectivity index (χ0v) is 19.2. The van der Waals surface area contributed by atoms with Crippen LogP contribution in [0.3, 0.4) is 0 Å². The van der Waals surface area contributed by atoms with E-state index in [-0.39, 0.29) is 5.91 Å². The topological polar surface area (TPSA) is 94.6 Å². The molecule has 1 unspecified atom stereocenters. The van der Waals surface area contributed by atoms with Gasteiger partial charge in [0.2, 0.25) is 0 Å². The van der Waals surface area contributed by atoms with E-state index in [1.54, 1.807) is 31.2 Å². The normalized spacial score (nSPS) is 22.5. The molecule has 4 rings (SSSR count). The van der Waals surface area contributed by atoms with Gasteiger partial charge in [0.1, 0.15) is 11.4 Å². The van der Waals surface area contributed by atoms with E-state index in [0.29, 0.717) is 30.8 Å². The monoisotopic (exact) mass is 435 g/mol. The van der Waals surface area contributed by atoms with E-state index in [2.05, 4.69) is 47.4 Å². The summed E-state index contributed by atoms with van der Waals surface area (Å²) in [5.74, 6) is 0.504. The van der Waals surface area contributed by atoms with Crippen LogP contribution in [0.1, 0.15) is 47.8 Å². The lowest BCUT2D eigenvalue weighted by atomic mass is 9.91. The van der Waals surface area contributed by atoms with Crippen molar-refractivity contribution in [1.82, 2.24) is 20.5 Å². The number of carbonyl (C=O) groups excluding carboxylic acids is 3. The molecule has 1 aromatic carbocycles. The number of nitrogens with zero attached hydrogens (tertiary/aromatic N) is 3. The summed E-state index contributed by atoms with van der Waals surface area (Å²) >= 11 is 0. The first-order valence-corrected chi connectivity index (χ1v) is 10.8. The van der Waals surface area contributed by atoms with Crippen molar-refractivity contribution in [2.45, 2.75) is 45.7 Å². The van der Waals surface area contributed by atoms with Crippen LogP contribution in [-0.4, -0.2) is 52.9 Å². The van der Waals surface area contributed by atoms with Crippen molar-refractivity contribution < 1.29 is 14.4 Å². The van der Waals surface area contributed by atoms with Crippen LogP contribution in [0.4, 0.5) is 10.6 Å². The SMILES string of the molecule is Cc1cnc(N2CCN(C(=O)c3ccc(C4(C)NC(=O)NC4=O)cc3)C(C)(C)C2)c(C)c1. The van der Waals surface area contributed by atoms with E-state index in [9.17, 15) is 14.4 Å². The smallest absolute Gasteiger partial charge is 0.322 e. The Kier molecular flexibility index (Phi) is 5.19. The molecular formula is C24H29N5O3. The first-order valence-electron chi connectivity index (χ1n) is 10.8. The molecule has 4 amide bonds. The fourth-order valence-electron chi connectivity index (χ4n) is 4.60. The number of rotatable bonds is 3. The second kappa shape index (κ2) is 7.62. The first-order chi connectivity index (χ1) is 15.0. The van der Waals surface area contributed by atoms with Gasteiger partial charge in [-0.25, -0.2) is 9.78 Å². The highest BCUT2D eigenvalue weighted by Gasteiger charge is 2.43. The van der Waals surface area contributed by atoms with E-state index in [1.807, 2.05) is 18.0 Å². The number of anilines is 1. The Hall–Kier alpha value is -3.42. The quantitative estimate of drug-likeness (QED) is 0.723. The number of urea groups is 1. The second-order valence-corrected chi connectivity index (χ2v) is 9.45. The number of carbonyl (C=O) groups is 3. The lowest BCUT2D eigenvalue weighted by Crippen LogP contribution is -2.61. The van der Waals surface area contributed by atoms with E-state index < -0.39 is 23.0 Å². The summed E-state index contributed by atoms with van der Waals surface area (Å²) in [4.78, 5) is 45.8. The van der Waals surface area contributed by atoms with Crippen LogP contribution in [0.25, 0.3) is 0 Å². The molecule has 0 radical (unpaired) electrons. The fraction of sp³-hybridized carbons (Fsp3) is 0.417. The van der Waals surface area contributed by atoms with Crippen LogP contribution in [0.5, 0.6) is 0 Å². The van der Waals surface area contributed by atoms with Crippen molar-refractivity contribution in [3.05, 3.63) is 58.8 Å². The van der Waals surface area contributed by atoms with Gasteiger partial charge in [-0.2, -0.15) is 0 Å². The summed E-state index contributed by atoms with van der Waals surface area (Å²) in [6.07, 6.45) is 1.88. The number of piperazine rings is 1. The van der Waals surface area contributed by atoms with Crippen LogP contribution in [-0.2, 0) is 10.3 Å². The second-order valence-electron chi connectivity index (χ2n) is 9.45. The van der Waals surface area contributed by atoms with Crippen LogP contribution >= 0.6 is 0 Å². The van der Waals surface area contributed by atoms with E-state index >= 15 is 0 Å². The molecule has 2 aromatic rings. The van der Waals surface area contributed by atoms with Gasteiger partial charge in [-0.15, -0.1) is 0 Å². The van der Waals surface area contributed by atoms with Crippen LogP contribution in [0.2, 0.25) is 0 Å². The number of aryl methyl sites for hydroxylation is 2. The van der Waals surface area contributed by atoms with Crippen LogP contribution < -0.4 is 15.5 Å². The van der Waals surface area contributed by atoms with E-state index in [0.717, 1.165) is 16.9 Å². The van der Waals surface area contributed by atoms with Crippen molar-refractivity contribution in [2.24, 2.45) is 0 Å². The molecule has 8 heteroatoms. The standard InChI is InChI=1S/C24H29N5O3/c1-15-12-16(2)19(25-13-15)28-10-11-29(23(3,4)14-28)20(30)17-6-8-18(9-7-17)24(5)21(31)26-22(32)27-24/h6-9,12-13H,10-11,14H2,1-5H3,(H2,26,27,31,32). The molecule has 0 saturated carbocycles. The summed E-state index contributed by atoms with van der Waals surface area (Å²) in [7, 11) is 0. The molecule has 168 valence electrons. The number of aromatic nitrogens is 1. The molecule has 32 heavy (non-hydrogen) atoms. The zero-order chi connectivity index (χ0) is 23.3. The molecule has 1 atom stereocenters. The third kappa shape index (κ3) is 3.70. The lowest BCUT2D eigenvalue weighted by Gasteiger charge is -2.47. The number of hydrogen-bond acceptors (Lipinski definition) is 5. The molecule has 3 heterocycles. The number of nitrogens with one attached hydrogen (secondary N) is 2. The van der Waals surface area contributed by atoms with Crippen molar-refractivity contribution >= 4 is 23.7 Å². The summed E-state index contributed by atoms with van der Waals surface area (Å²) in [5, 5.41) is 4.90. The van der Waals surface area contributed by atoms with Crippen LogP contribution in [0, 0.1) is 13.8 Å². The Morgan fingerprint density at radius 1 is 1.06 bits per heavy atom. The third-order valence-electron chi connectivity index (χ3n) is 6.39. The van der Waals surface area contributed by atoms with E-state index in [4.69, 9.17) is 0 Å². The minimum atomic E-state index is -1.14. The first kappa shape index (κ1) is 21.8. The van der Waals surface area contributed by atoms with E-state index in [1.165, 1.54) is 0 Å². The molecule has 0 spiro atoms. The van der Waals surface area contributed by atoms with Crippen LogP contribution in [0.15, 0.2) is 36.5 Å². The van der Waals surface area contributed by atoms with Gasteiger partial charge in [-0.1, -0.05) is 18.2 Å².